The zero-order valence-electron chi connectivity index (χ0n) is 19.6. The molecule has 1 heterocycles. The zero-order valence-corrected chi connectivity index (χ0v) is 19.6. The Labute approximate surface area is 198 Å². The van der Waals surface area contributed by atoms with Crippen LogP contribution in [0.25, 0.3) is 11.6 Å². The summed E-state index contributed by atoms with van der Waals surface area (Å²) in [4.78, 5) is 13.2. The molecule has 2 atom stereocenters. The lowest BCUT2D eigenvalue weighted by Crippen LogP contribution is -2.65. The molecule has 1 aliphatic heterocycles. The number of hydrogen-bond acceptors (Lipinski definition) is 2. The third-order valence-electron chi connectivity index (χ3n) is 8.55. The number of aliphatic carboxylic acids is 1. The highest BCUT2D eigenvalue weighted by Gasteiger charge is 2.65. The maximum atomic E-state index is 15.6. The van der Waals surface area contributed by atoms with Gasteiger partial charge in [-0.25, -0.2) is 13.6 Å². The second-order valence-electron chi connectivity index (χ2n) is 11.4. The Morgan fingerprint density at radius 3 is 2.50 bits per heavy atom. The van der Waals surface area contributed by atoms with E-state index in [1.165, 1.54) is 54.2 Å². The fourth-order valence-corrected chi connectivity index (χ4v) is 7.66. The van der Waals surface area contributed by atoms with Gasteiger partial charge in [-0.2, -0.15) is 0 Å². The van der Waals surface area contributed by atoms with Gasteiger partial charge in [-0.05, 0) is 95.9 Å². The lowest BCUT2D eigenvalue weighted by Gasteiger charge is -2.71. The van der Waals surface area contributed by atoms with E-state index in [4.69, 9.17) is 5.11 Å². The van der Waals surface area contributed by atoms with Crippen LogP contribution in [0.5, 0.6) is 0 Å². The number of rotatable bonds is 5. The summed E-state index contributed by atoms with van der Waals surface area (Å²) in [6, 6.07) is 10.6. The Balaban J connectivity index is 1.45. The van der Waals surface area contributed by atoms with Gasteiger partial charge in [-0.15, -0.1) is 0 Å². The second-order valence-corrected chi connectivity index (χ2v) is 11.4. The standard InChI is InChI=1S/C29H29F2NO2/c1-17-9-21-20-6-4-3-5-19(20)12-22(21)27(32(17)16-29-13-28(2,14-29)15-29)26-23(30)10-18(11-24(26)31)7-8-25(33)34/h3-8,10-11,17,27H,9,12-16H2,1-2H3,(H,33,34)/b8-7+/t17-,27+,28?,29?/m1/s1. The van der Waals surface area contributed by atoms with E-state index < -0.39 is 23.6 Å². The molecule has 0 aromatic heterocycles. The molecule has 34 heavy (non-hydrogen) atoms. The van der Waals surface area contributed by atoms with E-state index in [0.29, 0.717) is 11.8 Å². The maximum Gasteiger partial charge on any atom is 0.328 e. The Hall–Kier alpha value is -2.79. The van der Waals surface area contributed by atoms with Gasteiger partial charge in [0.1, 0.15) is 11.6 Å². The van der Waals surface area contributed by atoms with Crippen molar-refractivity contribution in [3.63, 3.8) is 0 Å². The Morgan fingerprint density at radius 1 is 1.18 bits per heavy atom. The van der Waals surface area contributed by atoms with Gasteiger partial charge < -0.3 is 5.11 Å². The molecule has 0 amide bonds. The van der Waals surface area contributed by atoms with Gasteiger partial charge in [0, 0.05) is 24.2 Å². The van der Waals surface area contributed by atoms with Crippen molar-refractivity contribution in [2.45, 2.75) is 58.0 Å². The number of fused-ring (bicyclic) bond motifs is 2. The first-order valence-electron chi connectivity index (χ1n) is 12.1. The first-order valence-corrected chi connectivity index (χ1v) is 12.1. The van der Waals surface area contributed by atoms with Crippen LogP contribution < -0.4 is 0 Å². The van der Waals surface area contributed by atoms with Gasteiger partial charge in [0.2, 0.25) is 0 Å². The molecule has 3 nitrogen and oxygen atoms in total. The molecule has 3 fully saturated rings. The molecule has 0 unspecified atom stereocenters. The van der Waals surface area contributed by atoms with Crippen LogP contribution in [-0.4, -0.2) is 28.6 Å². The van der Waals surface area contributed by atoms with Crippen molar-refractivity contribution in [3.05, 3.63) is 81.9 Å². The Kier molecular flexibility index (Phi) is 4.70. The summed E-state index contributed by atoms with van der Waals surface area (Å²) < 4.78 is 31.3. The van der Waals surface area contributed by atoms with Gasteiger partial charge in [0.05, 0.1) is 6.04 Å². The Bertz CT molecular complexity index is 1230. The van der Waals surface area contributed by atoms with E-state index in [1.807, 2.05) is 12.1 Å². The van der Waals surface area contributed by atoms with E-state index in [0.717, 1.165) is 24.6 Å². The minimum absolute atomic E-state index is 0.0946. The third-order valence-corrected chi connectivity index (χ3v) is 8.55. The first-order chi connectivity index (χ1) is 16.2. The average molecular weight is 462 g/mol. The number of carboxylic acid groups (broad SMARTS) is 1. The summed E-state index contributed by atoms with van der Waals surface area (Å²) >= 11 is 0. The first kappa shape index (κ1) is 21.7. The number of nitrogens with zero attached hydrogens (tertiary/aromatic N) is 1. The number of carboxylic acids is 1. The molecular weight excluding hydrogens is 432 g/mol. The minimum Gasteiger partial charge on any atom is -0.478 e. The summed E-state index contributed by atoms with van der Waals surface area (Å²) in [5.41, 5.74) is 5.86. The molecule has 7 rings (SSSR count). The van der Waals surface area contributed by atoms with Crippen LogP contribution in [0, 0.1) is 22.5 Å². The van der Waals surface area contributed by atoms with Gasteiger partial charge in [-0.3, -0.25) is 4.90 Å². The van der Waals surface area contributed by atoms with E-state index in [9.17, 15) is 4.79 Å². The molecule has 2 bridgehead atoms. The molecule has 2 aromatic carbocycles. The van der Waals surface area contributed by atoms with Crippen molar-refractivity contribution < 1.29 is 18.7 Å². The van der Waals surface area contributed by atoms with Crippen molar-refractivity contribution in [1.29, 1.82) is 0 Å². The van der Waals surface area contributed by atoms with E-state index in [1.54, 1.807) is 0 Å². The summed E-state index contributed by atoms with van der Waals surface area (Å²) in [5.74, 6) is -2.37. The monoisotopic (exact) mass is 461 g/mol. The molecule has 2 aromatic rings. The molecule has 0 radical (unpaired) electrons. The van der Waals surface area contributed by atoms with E-state index in [-0.39, 0.29) is 22.6 Å². The van der Waals surface area contributed by atoms with Crippen LogP contribution in [0.15, 0.2) is 48.0 Å². The molecule has 0 saturated heterocycles. The highest BCUT2D eigenvalue weighted by Crippen LogP contribution is 2.73. The number of benzene rings is 2. The van der Waals surface area contributed by atoms with Crippen molar-refractivity contribution in [2.24, 2.45) is 10.8 Å². The van der Waals surface area contributed by atoms with Gasteiger partial charge in [0.15, 0.2) is 0 Å². The van der Waals surface area contributed by atoms with Crippen molar-refractivity contribution in [1.82, 2.24) is 4.90 Å². The third kappa shape index (κ3) is 3.28. The van der Waals surface area contributed by atoms with E-state index in [2.05, 4.69) is 30.9 Å². The maximum absolute atomic E-state index is 15.6. The highest BCUT2D eigenvalue weighted by atomic mass is 19.1. The molecule has 5 aliphatic rings. The molecule has 4 aliphatic carbocycles. The Morgan fingerprint density at radius 2 is 1.85 bits per heavy atom. The summed E-state index contributed by atoms with van der Waals surface area (Å²) in [5, 5.41) is 8.90. The molecule has 176 valence electrons. The zero-order chi connectivity index (χ0) is 23.8. The topological polar surface area (TPSA) is 40.5 Å². The molecule has 1 N–H and O–H groups in total. The number of carbonyl (C=O) groups is 1. The van der Waals surface area contributed by atoms with Crippen LogP contribution in [0.4, 0.5) is 8.78 Å². The minimum atomic E-state index is -1.15. The van der Waals surface area contributed by atoms with Crippen LogP contribution >= 0.6 is 0 Å². The molecule has 5 heteroatoms. The summed E-state index contributed by atoms with van der Waals surface area (Å²) in [6.45, 7) is 5.38. The second kappa shape index (κ2) is 7.35. The van der Waals surface area contributed by atoms with Crippen molar-refractivity contribution >= 4 is 17.6 Å². The smallest absolute Gasteiger partial charge is 0.328 e. The van der Waals surface area contributed by atoms with Gasteiger partial charge in [-0.1, -0.05) is 31.2 Å². The molecular formula is C29H29F2NO2. The van der Waals surface area contributed by atoms with Gasteiger partial charge >= 0.3 is 5.97 Å². The largest absolute Gasteiger partial charge is 0.478 e. The van der Waals surface area contributed by atoms with Crippen molar-refractivity contribution in [3.8, 4) is 0 Å². The van der Waals surface area contributed by atoms with E-state index >= 15 is 8.78 Å². The quantitative estimate of drug-likeness (QED) is 0.524. The summed E-state index contributed by atoms with van der Waals surface area (Å²) in [7, 11) is 0. The normalized spacial score (nSPS) is 31.8. The molecule has 3 saturated carbocycles. The lowest BCUT2D eigenvalue weighted by atomic mass is 9.36. The van der Waals surface area contributed by atoms with Crippen LogP contribution in [0.2, 0.25) is 0 Å². The highest BCUT2D eigenvalue weighted by molar-refractivity contribution is 5.85. The predicted molar refractivity (Wildman–Crippen MR) is 128 cm³/mol. The number of hydrogen-bond donors (Lipinski definition) is 1. The van der Waals surface area contributed by atoms with Crippen LogP contribution in [0.1, 0.15) is 67.8 Å². The van der Waals surface area contributed by atoms with Gasteiger partial charge in [0.25, 0.3) is 0 Å². The predicted octanol–water partition coefficient (Wildman–Crippen LogP) is 6.40. The summed E-state index contributed by atoms with van der Waals surface area (Å²) in [6.07, 6.45) is 7.34. The lowest BCUT2D eigenvalue weighted by molar-refractivity contribution is -0.206. The van der Waals surface area contributed by atoms with Crippen LogP contribution in [0.3, 0.4) is 0 Å². The number of halogens is 2. The molecule has 0 spiro atoms. The fraction of sp³-hybridized carbons (Fsp3) is 0.414. The fourth-order valence-electron chi connectivity index (χ4n) is 7.66. The van der Waals surface area contributed by atoms with Crippen LogP contribution in [-0.2, 0) is 11.2 Å². The average Bonchev–Trinajstić information content (AvgIpc) is 3.09. The SMILES string of the molecule is C[C@@H]1CC2=C(Cc3ccccc32)[C@@H](c2c(F)cc(/C=C/C(=O)O)cc2F)N1CC12CC(C)(C1)C2. The van der Waals surface area contributed by atoms with Crippen molar-refractivity contribution in [2.75, 3.05) is 6.54 Å².